The Morgan fingerprint density at radius 3 is 0.879 bits per heavy atom. The highest BCUT2D eigenvalue weighted by atomic mass is 16.5. The van der Waals surface area contributed by atoms with E-state index in [9.17, 15) is 0 Å². The van der Waals surface area contributed by atoms with Crippen LogP contribution in [-0.2, 0) is 4.74 Å². The summed E-state index contributed by atoms with van der Waals surface area (Å²) < 4.78 is 5.72. The van der Waals surface area contributed by atoms with Gasteiger partial charge in [-0.05, 0) is 12.8 Å². The van der Waals surface area contributed by atoms with Crippen molar-refractivity contribution in [1.29, 1.82) is 0 Å². The third-order valence-corrected chi connectivity index (χ3v) is 5.13. The molecule has 0 aromatic heterocycles. The molecule has 0 aliphatic carbocycles. The SMILES string of the molecule is CCCCCCCCCCOCCCCCCCCCC.OCC(O)CO.OCC(O)CO. The fraction of sp³-hybridized carbons (Fsp3) is 1.00. The van der Waals surface area contributed by atoms with Gasteiger partial charge < -0.3 is 35.4 Å². The lowest BCUT2D eigenvalue weighted by Gasteiger charge is -2.05. The van der Waals surface area contributed by atoms with Crippen molar-refractivity contribution in [1.82, 2.24) is 0 Å². The van der Waals surface area contributed by atoms with E-state index >= 15 is 0 Å². The second-order valence-corrected chi connectivity index (χ2v) is 8.60. The number of aliphatic hydroxyl groups is 6. The average Bonchev–Trinajstić information content (AvgIpc) is 2.85. The van der Waals surface area contributed by atoms with Crippen molar-refractivity contribution in [3.8, 4) is 0 Å². The summed E-state index contributed by atoms with van der Waals surface area (Å²) >= 11 is 0. The van der Waals surface area contributed by atoms with Crippen LogP contribution in [0, 0.1) is 0 Å². The predicted molar refractivity (Wildman–Crippen MR) is 136 cm³/mol. The minimum Gasteiger partial charge on any atom is -0.394 e. The number of unbranched alkanes of at least 4 members (excludes halogenated alkanes) is 14. The highest BCUT2D eigenvalue weighted by Crippen LogP contribution is 2.10. The maximum atomic E-state index is 8.17. The molecular weight excluding hydrogens is 424 g/mol. The Morgan fingerprint density at radius 1 is 0.424 bits per heavy atom. The highest BCUT2D eigenvalue weighted by molar-refractivity contribution is 4.48. The van der Waals surface area contributed by atoms with Crippen molar-refractivity contribution in [2.45, 2.75) is 129 Å². The van der Waals surface area contributed by atoms with Crippen molar-refractivity contribution in [3.63, 3.8) is 0 Å². The summed E-state index contributed by atoms with van der Waals surface area (Å²) in [5, 5.41) is 48.0. The molecule has 0 amide bonds. The topological polar surface area (TPSA) is 131 Å². The summed E-state index contributed by atoms with van der Waals surface area (Å²) in [5.74, 6) is 0. The van der Waals surface area contributed by atoms with Gasteiger partial charge in [-0.1, -0.05) is 104 Å². The Morgan fingerprint density at radius 2 is 0.667 bits per heavy atom. The molecule has 0 fully saturated rings. The molecule has 0 bridgehead atoms. The first-order chi connectivity index (χ1) is 16.0. The molecule has 7 heteroatoms. The molecular formula is C26H58O7. The van der Waals surface area contributed by atoms with Gasteiger partial charge in [0.05, 0.1) is 26.4 Å². The van der Waals surface area contributed by atoms with Gasteiger partial charge in [0.25, 0.3) is 0 Å². The molecule has 204 valence electrons. The number of hydrogen-bond acceptors (Lipinski definition) is 7. The van der Waals surface area contributed by atoms with E-state index in [4.69, 9.17) is 35.4 Å². The first-order valence-corrected chi connectivity index (χ1v) is 13.4. The summed E-state index contributed by atoms with van der Waals surface area (Å²) in [6.45, 7) is 5.09. The third-order valence-electron chi connectivity index (χ3n) is 5.13. The zero-order valence-electron chi connectivity index (χ0n) is 21.8. The molecule has 0 saturated carbocycles. The van der Waals surface area contributed by atoms with Crippen LogP contribution in [0.25, 0.3) is 0 Å². The van der Waals surface area contributed by atoms with Gasteiger partial charge in [0.15, 0.2) is 0 Å². The maximum Gasteiger partial charge on any atom is 0.100 e. The molecule has 0 spiro atoms. The van der Waals surface area contributed by atoms with E-state index in [-0.39, 0.29) is 26.4 Å². The molecule has 0 heterocycles. The van der Waals surface area contributed by atoms with Crippen LogP contribution < -0.4 is 0 Å². The number of rotatable bonds is 22. The van der Waals surface area contributed by atoms with E-state index in [1.165, 1.54) is 103 Å². The molecule has 0 atom stereocenters. The van der Waals surface area contributed by atoms with Gasteiger partial charge in [-0.3, -0.25) is 0 Å². The van der Waals surface area contributed by atoms with Crippen molar-refractivity contribution < 1.29 is 35.4 Å². The van der Waals surface area contributed by atoms with Crippen LogP contribution in [0.5, 0.6) is 0 Å². The van der Waals surface area contributed by atoms with Crippen LogP contribution in [0.2, 0.25) is 0 Å². The number of hydrogen-bond donors (Lipinski definition) is 6. The Hall–Kier alpha value is -0.280. The molecule has 6 N–H and O–H groups in total. The first-order valence-electron chi connectivity index (χ1n) is 13.4. The van der Waals surface area contributed by atoms with Crippen LogP contribution in [0.15, 0.2) is 0 Å². The zero-order valence-corrected chi connectivity index (χ0v) is 21.8. The third kappa shape index (κ3) is 42.4. The summed E-state index contributed by atoms with van der Waals surface area (Å²) in [6.07, 6.45) is 20.3. The van der Waals surface area contributed by atoms with E-state index in [1.54, 1.807) is 0 Å². The highest BCUT2D eigenvalue weighted by Gasteiger charge is 1.95. The smallest absolute Gasteiger partial charge is 0.100 e. The maximum absolute atomic E-state index is 8.17. The normalized spacial score (nSPS) is 10.7. The Balaban J connectivity index is -0.000000611. The standard InChI is InChI=1S/C20H42O.2C3H8O3/c1-3-5-7-9-11-13-15-17-19-21-20-18-16-14-12-10-8-6-4-2;2*4-1-3(6)2-5/h3-20H2,1-2H3;2*3-6H,1-2H2. The summed E-state index contributed by atoms with van der Waals surface area (Å²) in [7, 11) is 0. The average molecular weight is 483 g/mol. The molecule has 0 unspecified atom stereocenters. The molecule has 0 aromatic carbocycles. The quantitative estimate of drug-likeness (QED) is 0.129. The number of aliphatic hydroxyl groups excluding tert-OH is 6. The lowest BCUT2D eigenvalue weighted by molar-refractivity contribution is 0.0450. The fourth-order valence-electron chi connectivity index (χ4n) is 2.89. The van der Waals surface area contributed by atoms with Crippen molar-refractivity contribution in [3.05, 3.63) is 0 Å². The first kappa shape index (κ1) is 37.3. The predicted octanol–water partition coefficient (Wildman–Crippen LogP) is 3.95. The van der Waals surface area contributed by atoms with Gasteiger partial charge >= 0.3 is 0 Å². The Bertz CT molecular complexity index is 270. The fourth-order valence-corrected chi connectivity index (χ4v) is 2.89. The van der Waals surface area contributed by atoms with Gasteiger partial charge in [0.2, 0.25) is 0 Å². The van der Waals surface area contributed by atoms with E-state index in [0.29, 0.717) is 0 Å². The van der Waals surface area contributed by atoms with Gasteiger partial charge in [-0.25, -0.2) is 0 Å². The molecule has 0 rings (SSSR count). The molecule has 0 radical (unpaired) electrons. The second kappa shape index (κ2) is 36.3. The molecule has 0 aromatic rings. The monoisotopic (exact) mass is 482 g/mol. The largest absolute Gasteiger partial charge is 0.394 e. The summed E-state index contributed by atoms with van der Waals surface area (Å²) in [6, 6.07) is 0. The van der Waals surface area contributed by atoms with Gasteiger partial charge in [0, 0.05) is 13.2 Å². The van der Waals surface area contributed by atoms with Crippen LogP contribution in [0.3, 0.4) is 0 Å². The number of ether oxygens (including phenoxy) is 1. The second-order valence-electron chi connectivity index (χ2n) is 8.60. The molecule has 0 aliphatic heterocycles. The van der Waals surface area contributed by atoms with Crippen molar-refractivity contribution >= 4 is 0 Å². The van der Waals surface area contributed by atoms with Crippen LogP contribution in [0.1, 0.15) is 117 Å². The van der Waals surface area contributed by atoms with Crippen molar-refractivity contribution in [2.24, 2.45) is 0 Å². The molecule has 0 saturated heterocycles. The summed E-state index contributed by atoms with van der Waals surface area (Å²) in [4.78, 5) is 0. The van der Waals surface area contributed by atoms with Crippen LogP contribution >= 0.6 is 0 Å². The van der Waals surface area contributed by atoms with E-state index < -0.39 is 12.2 Å². The Kier molecular flexibility index (Phi) is 41.0. The lowest BCUT2D eigenvalue weighted by Crippen LogP contribution is -2.15. The lowest BCUT2D eigenvalue weighted by atomic mass is 10.1. The minimum absolute atomic E-state index is 0.365. The van der Waals surface area contributed by atoms with Crippen LogP contribution in [0.4, 0.5) is 0 Å². The zero-order chi connectivity index (χ0) is 25.4. The molecule has 7 nitrogen and oxygen atoms in total. The molecule has 0 aliphatic rings. The van der Waals surface area contributed by atoms with Gasteiger partial charge in [-0.2, -0.15) is 0 Å². The van der Waals surface area contributed by atoms with E-state index in [2.05, 4.69) is 13.8 Å². The van der Waals surface area contributed by atoms with Gasteiger partial charge in [0.1, 0.15) is 12.2 Å². The van der Waals surface area contributed by atoms with Crippen LogP contribution in [-0.4, -0.2) is 82.5 Å². The van der Waals surface area contributed by atoms with E-state index in [1.807, 2.05) is 0 Å². The van der Waals surface area contributed by atoms with Gasteiger partial charge in [-0.15, -0.1) is 0 Å². The van der Waals surface area contributed by atoms with E-state index in [0.717, 1.165) is 13.2 Å². The Labute approximate surface area is 204 Å². The minimum atomic E-state index is -0.954. The summed E-state index contributed by atoms with van der Waals surface area (Å²) in [5.41, 5.74) is 0. The van der Waals surface area contributed by atoms with Crippen molar-refractivity contribution in [2.75, 3.05) is 39.6 Å². The molecule has 33 heavy (non-hydrogen) atoms.